The van der Waals surface area contributed by atoms with Crippen LogP contribution in [0.5, 0.6) is 0 Å². The van der Waals surface area contributed by atoms with Crippen LogP contribution in [0, 0.1) is 6.92 Å². The Hall–Kier alpha value is -2.80. The molecule has 0 radical (unpaired) electrons. The fraction of sp³-hybridized carbons (Fsp3) is 0.294. The van der Waals surface area contributed by atoms with Crippen LogP contribution >= 0.6 is 0 Å². The molecule has 4 heterocycles. The number of aryl methyl sites for hydroxylation is 1. The van der Waals surface area contributed by atoms with E-state index in [0.717, 1.165) is 17.0 Å². The Labute approximate surface area is 138 Å². The molecule has 3 aromatic heterocycles. The Balaban J connectivity index is 1.58. The number of morpholine rings is 1. The van der Waals surface area contributed by atoms with Crippen molar-refractivity contribution < 1.29 is 9.53 Å². The van der Waals surface area contributed by atoms with Crippen LogP contribution in [0.25, 0.3) is 5.65 Å². The molecular weight excluding hydrogens is 306 g/mol. The molecule has 3 aromatic rings. The molecule has 7 heteroatoms. The van der Waals surface area contributed by atoms with E-state index in [1.54, 1.807) is 29.7 Å². The van der Waals surface area contributed by atoms with Gasteiger partial charge >= 0.3 is 0 Å². The Bertz CT molecular complexity index is 877. The lowest BCUT2D eigenvalue weighted by atomic mass is 10.2. The van der Waals surface area contributed by atoms with Gasteiger partial charge in [-0.25, -0.2) is 4.98 Å². The van der Waals surface area contributed by atoms with Crippen molar-refractivity contribution in [1.82, 2.24) is 24.3 Å². The van der Waals surface area contributed by atoms with Gasteiger partial charge in [0.25, 0.3) is 5.91 Å². The number of ether oxygens (including phenoxy) is 1. The van der Waals surface area contributed by atoms with E-state index < -0.39 is 0 Å². The quantitative estimate of drug-likeness (QED) is 0.717. The summed E-state index contributed by atoms with van der Waals surface area (Å²) in [5.41, 5.74) is 3.00. The lowest BCUT2D eigenvalue weighted by Crippen LogP contribution is -2.42. The molecule has 1 aliphatic heterocycles. The van der Waals surface area contributed by atoms with E-state index in [-0.39, 0.29) is 12.0 Å². The minimum atomic E-state index is -0.254. The number of hydrogen-bond acceptors (Lipinski definition) is 5. The Morgan fingerprint density at radius 2 is 2.25 bits per heavy atom. The van der Waals surface area contributed by atoms with Gasteiger partial charge in [0, 0.05) is 30.8 Å². The molecule has 0 N–H and O–H groups in total. The van der Waals surface area contributed by atoms with Crippen molar-refractivity contribution in [2.24, 2.45) is 0 Å². The first-order chi connectivity index (χ1) is 11.7. The molecule has 1 aliphatic rings. The Morgan fingerprint density at radius 3 is 3.04 bits per heavy atom. The van der Waals surface area contributed by atoms with Crippen molar-refractivity contribution in [2.75, 3.05) is 19.7 Å². The topological polar surface area (TPSA) is 72.6 Å². The number of imidazole rings is 1. The van der Waals surface area contributed by atoms with Crippen molar-refractivity contribution >= 4 is 11.6 Å². The van der Waals surface area contributed by atoms with Crippen molar-refractivity contribution in [3.8, 4) is 0 Å². The summed E-state index contributed by atoms with van der Waals surface area (Å²) in [6.07, 6.45) is 6.46. The van der Waals surface area contributed by atoms with Gasteiger partial charge in [0.1, 0.15) is 17.4 Å². The largest absolute Gasteiger partial charge is 0.368 e. The van der Waals surface area contributed by atoms with Gasteiger partial charge in [0.15, 0.2) is 0 Å². The van der Waals surface area contributed by atoms with Gasteiger partial charge in [0.2, 0.25) is 0 Å². The summed E-state index contributed by atoms with van der Waals surface area (Å²) in [6.45, 7) is 3.45. The number of hydrogen-bond donors (Lipinski definition) is 0. The molecule has 7 nitrogen and oxygen atoms in total. The second kappa shape index (κ2) is 6.01. The second-order valence-electron chi connectivity index (χ2n) is 5.76. The van der Waals surface area contributed by atoms with Crippen LogP contribution in [0.3, 0.4) is 0 Å². The molecule has 4 rings (SSSR count). The normalized spacial score (nSPS) is 18.0. The van der Waals surface area contributed by atoms with Gasteiger partial charge in [-0.1, -0.05) is 6.07 Å². The van der Waals surface area contributed by atoms with E-state index in [1.807, 2.05) is 29.5 Å². The van der Waals surface area contributed by atoms with Gasteiger partial charge in [-0.2, -0.15) is 0 Å². The third-order valence-corrected chi connectivity index (χ3v) is 4.18. The van der Waals surface area contributed by atoms with Gasteiger partial charge in [0.05, 0.1) is 25.0 Å². The maximum atomic E-state index is 12.8. The summed E-state index contributed by atoms with van der Waals surface area (Å²) < 4.78 is 7.66. The highest BCUT2D eigenvalue weighted by atomic mass is 16.5. The zero-order valence-electron chi connectivity index (χ0n) is 13.3. The summed E-state index contributed by atoms with van der Waals surface area (Å²) in [7, 11) is 0. The van der Waals surface area contributed by atoms with E-state index in [1.165, 1.54) is 0 Å². The molecule has 1 fully saturated rings. The predicted octanol–water partition coefficient (Wildman–Crippen LogP) is 1.65. The molecule has 1 saturated heterocycles. The van der Waals surface area contributed by atoms with E-state index in [2.05, 4.69) is 15.0 Å². The number of amides is 1. The van der Waals surface area contributed by atoms with E-state index in [9.17, 15) is 4.79 Å². The predicted molar refractivity (Wildman–Crippen MR) is 86.6 cm³/mol. The maximum Gasteiger partial charge on any atom is 0.274 e. The SMILES string of the molecule is Cc1cccc2nc(C(=O)N3CCOC(c4cnccn4)C3)cn12. The van der Waals surface area contributed by atoms with Crippen LogP contribution in [0.1, 0.15) is 28.0 Å². The van der Waals surface area contributed by atoms with Crippen LogP contribution in [-0.4, -0.2) is 49.9 Å². The summed E-state index contributed by atoms with van der Waals surface area (Å²) in [5, 5.41) is 0. The fourth-order valence-electron chi connectivity index (χ4n) is 2.90. The highest BCUT2D eigenvalue weighted by molar-refractivity contribution is 5.93. The summed E-state index contributed by atoms with van der Waals surface area (Å²) in [5.74, 6) is -0.0877. The smallest absolute Gasteiger partial charge is 0.274 e. The minimum Gasteiger partial charge on any atom is -0.368 e. The minimum absolute atomic E-state index is 0.0877. The Morgan fingerprint density at radius 1 is 1.33 bits per heavy atom. The molecule has 0 aromatic carbocycles. The zero-order valence-corrected chi connectivity index (χ0v) is 13.3. The van der Waals surface area contributed by atoms with E-state index in [0.29, 0.717) is 25.4 Å². The van der Waals surface area contributed by atoms with Gasteiger partial charge in [-0.3, -0.25) is 14.8 Å². The first-order valence-corrected chi connectivity index (χ1v) is 7.84. The molecule has 122 valence electrons. The number of fused-ring (bicyclic) bond motifs is 1. The molecule has 0 aliphatic carbocycles. The third kappa shape index (κ3) is 2.63. The highest BCUT2D eigenvalue weighted by Crippen LogP contribution is 2.21. The average molecular weight is 323 g/mol. The summed E-state index contributed by atoms with van der Waals surface area (Å²) in [4.78, 5) is 27.4. The lowest BCUT2D eigenvalue weighted by molar-refractivity contribution is -0.0250. The highest BCUT2D eigenvalue weighted by Gasteiger charge is 2.28. The fourth-order valence-corrected chi connectivity index (χ4v) is 2.90. The molecule has 1 amide bonds. The molecule has 1 unspecified atom stereocenters. The second-order valence-corrected chi connectivity index (χ2v) is 5.76. The van der Waals surface area contributed by atoms with Crippen LogP contribution in [0.2, 0.25) is 0 Å². The number of pyridine rings is 1. The first kappa shape index (κ1) is 14.8. The van der Waals surface area contributed by atoms with Crippen LogP contribution < -0.4 is 0 Å². The molecule has 0 bridgehead atoms. The molecule has 1 atom stereocenters. The zero-order chi connectivity index (χ0) is 16.5. The number of aromatic nitrogens is 4. The van der Waals surface area contributed by atoms with Gasteiger partial charge < -0.3 is 14.0 Å². The summed E-state index contributed by atoms with van der Waals surface area (Å²) in [6, 6.07) is 5.82. The van der Waals surface area contributed by atoms with Crippen LogP contribution in [-0.2, 0) is 4.74 Å². The number of nitrogens with zero attached hydrogens (tertiary/aromatic N) is 5. The van der Waals surface area contributed by atoms with E-state index >= 15 is 0 Å². The van der Waals surface area contributed by atoms with Gasteiger partial charge in [-0.15, -0.1) is 0 Å². The molecular formula is C17H17N5O2. The van der Waals surface area contributed by atoms with Crippen molar-refractivity contribution in [3.63, 3.8) is 0 Å². The number of carbonyl (C=O) groups excluding carboxylic acids is 1. The third-order valence-electron chi connectivity index (χ3n) is 4.18. The standard InChI is InChI=1S/C17H17N5O2/c1-12-3-2-4-16-20-14(10-22(12)16)17(23)21-7-8-24-15(11-21)13-9-18-5-6-19-13/h2-6,9-10,15H,7-8,11H2,1H3. The van der Waals surface area contributed by atoms with Crippen molar-refractivity contribution in [3.05, 3.63) is 60.1 Å². The lowest BCUT2D eigenvalue weighted by Gasteiger charge is -2.32. The summed E-state index contributed by atoms with van der Waals surface area (Å²) >= 11 is 0. The first-order valence-electron chi connectivity index (χ1n) is 7.84. The van der Waals surface area contributed by atoms with Crippen molar-refractivity contribution in [1.29, 1.82) is 0 Å². The maximum absolute atomic E-state index is 12.8. The molecule has 0 saturated carbocycles. The average Bonchev–Trinajstić information content (AvgIpc) is 3.08. The number of carbonyl (C=O) groups is 1. The van der Waals surface area contributed by atoms with E-state index in [4.69, 9.17) is 4.74 Å². The van der Waals surface area contributed by atoms with Crippen LogP contribution in [0.15, 0.2) is 43.0 Å². The molecule has 24 heavy (non-hydrogen) atoms. The molecule has 0 spiro atoms. The van der Waals surface area contributed by atoms with Crippen molar-refractivity contribution in [2.45, 2.75) is 13.0 Å². The monoisotopic (exact) mass is 323 g/mol. The Kier molecular flexibility index (Phi) is 3.70. The van der Waals surface area contributed by atoms with Crippen LogP contribution in [0.4, 0.5) is 0 Å². The number of rotatable bonds is 2. The van der Waals surface area contributed by atoms with Gasteiger partial charge in [-0.05, 0) is 19.1 Å².